The molecule has 3 aliphatic rings. The Balaban J connectivity index is 1.63. The summed E-state index contributed by atoms with van der Waals surface area (Å²) >= 11 is 1.66. The van der Waals surface area contributed by atoms with Crippen molar-refractivity contribution in [3.05, 3.63) is 90.5 Å². The van der Waals surface area contributed by atoms with E-state index in [2.05, 4.69) is 20.1 Å². The second-order valence-corrected chi connectivity index (χ2v) is 15.3. The number of aliphatic hydroxyl groups excluding tert-OH is 1. The van der Waals surface area contributed by atoms with Gasteiger partial charge in [0.05, 0.1) is 29.2 Å². The van der Waals surface area contributed by atoms with E-state index < -0.39 is 33.4 Å². The van der Waals surface area contributed by atoms with Crippen LogP contribution in [0.15, 0.2) is 73.8 Å². The molecule has 3 fully saturated rings. The molecular formula is C37H47N3O4S. The van der Waals surface area contributed by atoms with Crippen LogP contribution in [0.4, 0.5) is 5.69 Å². The molecule has 240 valence electrons. The van der Waals surface area contributed by atoms with Crippen molar-refractivity contribution < 1.29 is 19.5 Å². The van der Waals surface area contributed by atoms with Crippen LogP contribution in [0, 0.1) is 31.6 Å². The summed E-state index contributed by atoms with van der Waals surface area (Å²) in [5.41, 5.74) is 3.74. The minimum atomic E-state index is -0.833. The molecule has 3 heterocycles. The third kappa shape index (κ3) is 5.44. The van der Waals surface area contributed by atoms with Gasteiger partial charge in [0, 0.05) is 30.1 Å². The topological polar surface area (TPSA) is 81.2 Å². The predicted octanol–water partition coefficient (Wildman–Crippen LogP) is 5.54. The largest absolute Gasteiger partial charge is 0.394 e. The van der Waals surface area contributed by atoms with Gasteiger partial charge in [-0.2, -0.15) is 0 Å². The SMILES string of the molecule is C=CCN(Cc1ccccc1)C(=O)[C@H]1[C@H]2C(=O)N([C@@H](CO)C(C)C)C(C(=O)N(CC=C)c3c(C)cccc3C)C23CC[C@]1(C)S3. The van der Waals surface area contributed by atoms with Gasteiger partial charge in [-0.1, -0.05) is 74.5 Å². The number of hydrogen-bond donors (Lipinski definition) is 1. The lowest BCUT2D eigenvalue weighted by atomic mass is 9.66. The number of thioether (sulfide) groups is 1. The Morgan fingerprint density at radius 3 is 2.24 bits per heavy atom. The normalized spacial score (nSPS) is 27.4. The van der Waals surface area contributed by atoms with Crippen molar-refractivity contribution in [3.8, 4) is 0 Å². The summed E-state index contributed by atoms with van der Waals surface area (Å²) in [7, 11) is 0. The minimum absolute atomic E-state index is 0.0791. The third-order valence-corrected chi connectivity index (χ3v) is 12.2. The highest BCUT2D eigenvalue weighted by atomic mass is 32.2. The molecule has 2 unspecified atom stereocenters. The molecule has 8 heteroatoms. The van der Waals surface area contributed by atoms with Crippen LogP contribution in [0.1, 0.15) is 50.3 Å². The molecule has 0 radical (unpaired) electrons. The fourth-order valence-electron chi connectivity index (χ4n) is 8.18. The van der Waals surface area contributed by atoms with Crippen molar-refractivity contribution in [1.82, 2.24) is 9.80 Å². The third-order valence-electron chi connectivity index (χ3n) is 10.2. The van der Waals surface area contributed by atoms with E-state index in [0.717, 1.165) is 28.8 Å². The van der Waals surface area contributed by atoms with Crippen molar-refractivity contribution >= 4 is 35.2 Å². The van der Waals surface area contributed by atoms with Crippen molar-refractivity contribution in [3.63, 3.8) is 0 Å². The molecular weight excluding hydrogens is 582 g/mol. The maximum absolute atomic E-state index is 15.1. The Hall–Kier alpha value is -3.36. The zero-order valence-electron chi connectivity index (χ0n) is 27.2. The first-order valence-corrected chi connectivity index (χ1v) is 16.8. The van der Waals surface area contributed by atoms with E-state index >= 15 is 4.79 Å². The van der Waals surface area contributed by atoms with E-state index in [1.54, 1.807) is 38.6 Å². The Labute approximate surface area is 272 Å². The standard InChI is InChI=1S/C37H47N3O4S/c1-8-20-38(22-27-16-11-10-12-17-27)33(42)29-30-34(43)40(28(23-41)24(3)4)32(37(30)19-18-36(29,7)45-37)35(44)39(21-9-2)31-25(5)14-13-15-26(31)6/h8-17,24,28-30,32,41H,1-2,18-23H2,3-7H3/t28-,29+,30-,32?,36-,37?/m0/s1. The lowest BCUT2D eigenvalue weighted by Crippen LogP contribution is -2.58. The zero-order chi connectivity index (χ0) is 32.7. The number of fused-ring (bicyclic) bond motifs is 1. The minimum Gasteiger partial charge on any atom is -0.394 e. The highest BCUT2D eigenvalue weighted by molar-refractivity contribution is 8.02. The smallest absolute Gasteiger partial charge is 0.251 e. The molecule has 3 saturated heterocycles. The summed E-state index contributed by atoms with van der Waals surface area (Å²) in [5, 5.41) is 10.7. The molecule has 0 saturated carbocycles. The van der Waals surface area contributed by atoms with Gasteiger partial charge in [-0.3, -0.25) is 14.4 Å². The first-order chi connectivity index (χ1) is 21.5. The lowest BCUT2D eigenvalue weighted by molar-refractivity contribution is -0.147. The molecule has 6 atom stereocenters. The van der Waals surface area contributed by atoms with Gasteiger partial charge in [0.15, 0.2) is 0 Å². The molecule has 3 aliphatic heterocycles. The number of carbonyl (C=O) groups is 3. The van der Waals surface area contributed by atoms with E-state index in [1.807, 2.05) is 76.2 Å². The summed E-state index contributed by atoms with van der Waals surface area (Å²) in [4.78, 5) is 49.9. The predicted molar refractivity (Wildman–Crippen MR) is 182 cm³/mol. The van der Waals surface area contributed by atoms with E-state index in [0.29, 0.717) is 19.5 Å². The van der Waals surface area contributed by atoms with Gasteiger partial charge in [-0.05, 0) is 56.2 Å². The van der Waals surface area contributed by atoms with Crippen LogP contribution in [0.25, 0.3) is 0 Å². The second-order valence-electron chi connectivity index (χ2n) is 13.4. The molecule has 45 heavy (non-hydrogen) atoms. The highest BCUT2D eigenvalue weighted by Crippen LogP contribution is 2.72. The van der Waals surface area contributed by atoms with Gasteiger partial charge in [-0.15, -0.1) is 24.9 Å². The molecule has 0 aromatic heterocycles. The quantitative estimate of drug-likeness (QED) is 0.312. The molecule has 7 nitrogen and oxygen atoms in total. The Bertz CT molecular complexity index is 1460. The number of para-hydroxylation sites is 1. The Morgan fingerprint density at radius 1 is 1.02 bits per heavy atom. The molecule has 1 N–H and O–H groups in total. The molecule has 2 aromatic rings. The molecule has 2 aromatic carbocycles. The molecule has 2 bridgehead atoms. The average molecular weight is 630 g/mol. The van der Waals surface area contributed by atoms with Crippen LogP contribution in [-0.4, -0.2) is 73.9 Å². The van der Waals surface area contributed by atoms with Crippen LogP contribution in [0.3, 0.4) is 0 Å². The number of nitrogens with zero attached hydrogens (tertiary/aromatic N) is 3. The van der Waals surface area contributed by atoms with Crippen molar-refractivity contribution in [2.75, 3.05) is 24.6 Å². The summed E-state index contributed by atoms with van der Waals surface area (Å²) in [5.74, 6) is -1.84. The van der Waals surface area contributed by atoms with Gasteiger partial charge in [-0.25, -0.2) is 0 Å². The van der Waals surface area contributed by atoms with Crippen molar-refractivity contribution in [2.24, 2.45) is 17.8 Å². The monoisotopic (exact) mass is 629 g/mol. The summed E-state index contributed by atoms with van der Waals surface area (Å²) < 4.78 is -1.30. The molecule has 0 aliphatic carbocycles. The highest BCUT2D eigenvalue weighted by Gasteiger charge is 2.78. The van der Waals surface area contributed by atoms with Gasteiger partial charge >= 0.3 is 0 Å². The molecule has 1 spiro atoms. The van der Waals surface area contributed by atoms with Gasteiger partial charge in [0.1, 0.15) is 6.04 Å². The summed E-state index contributed by atoms with van der Waals surface area (Å²) in [6.07, 6.45) is 4.81. The number of rotatable bonds is 12. The number of amides is 3. The fourth-order valence-corrected chi connectivity index (χ4v) is 10.5. The average Bonchev–Trinajstić information content (AvgIpc) is 3.57. The Morgan fingerprint density at radius 2 is 1.67 bits per heavy atom. The van der Waals surface area contributed by atoms with Crippen LogP contribution >= 0.6 is 11.8 Å². The number of carbonyl (C=O) groups excluding carboxylic acids is 3. The van der Waals surface area contributed by atoms with Gasteiger partial charge in [0.25, 0.3) is 5.91 Å². The van der Waals surface area contributed by atoms with E-state index in [-0.39, 0.29) is 36.8 Å². The number of aryl methyl sites for hydroxylation is 2. The first kappa shape index (κ1) is 33.0. The zero-order valence-corrected chi connectivity index (χ0v) is 28.1. The maximum Gasteiger partial charge on any atom is 0.251 e. The van der Waals surface area contributed by atoms with E-state index in [9.17, 15) is 14.7 Å². The van der Waals surface area contributed by atoms with E-state index in [4.69, 9.17) is 0 Å². The maximum atomic E-state index is 15.1. The number of hydrogen-bond acceptors (Lipinski definition) is 5. The number of anilines is 1. The van der Waals surface area contributed by atoms with Gasteiger partial charge in [0.2, 0.25) is 11.8 Å². The van der Waals surface area contributed by atoms with Crippen LogP contribution in [0.2, 0.25) is 0 Å². The second kappa shape index (κ2) is 12.8. The summed E-state index contributed by atoms with van der Waals surface area (Å²) in [6.45, 7) is 18.7. The van der Waals surface area contributed by atoms with Crippen LogP contribution in [-0.2, 0) is 20.9 Å². The number of benzene rings is 2. The first-order valence-electron chi connectivity index (χ1n) is 16.0. The van der Waals surface area contributed by atoms with Crippen molar-refractivity contribution in [2.45, 2.75) is 75.6 Å². The fraction of sp³-hybridized carbons (Fsp3) is 0.486. The lowest BCUT2D eigenvalue weighted by Gasteiger charge is -2.41. The summed E-state index contributed by atoms with van der Waals surface area (Å²) in [6, 6.07) is 14.4. The number of likely N-dealkylation sites (tertiary alicyclic amines) is 1. The van der Waals surface area contributed by atoms with Crippen molar-refractivity contribution in [1.29, 1.82) is 0 Å². The Kier molecular flexibility index (Phi) is 9.39. The number of aliphatic hydroxyl groups is 1. The van der Waals surface area contributed by atoms with Crippen LogP contribution < -0.4 is 4.90 Å². The molecule has 5 rings (SSSR count). The van der Waals surface area contributed by atoms with Gasteiger partial charge < -0.3 is 19.8 Å². The molecule has 3 amide bonds. The van der Waals surface area contributed by atoms with Crippen LogP contribution in [0.5, 0.6) is 0 Å². The van der Waals surface area contributed by atoms with E-state index in [1.165, 1.54) is 0 Å².